The number of aromatic nitrogens is 1. The molecule has 0 bridgehead atoms. The zero-order valence-corrected chi connectivity index (χ0v) is 11.1. The van der Waals surface area contributed by atoms with E-state index in [2.05, 4.69) is 41.5 Å². The number of hydrogen-bond donors (Lipinski definition) is 2. The van der Waals surface area contributed by atoms with Crippen molar-refractivity contribution in [2.24, 2.45) is 5.41 Å². The minimum absolute atomic E-state index is 0.540. The lowest BCUT2D eigenvalue weighted by molar-refractivity contribution is 0.314. The van der Waals surface area contributed by atoms with Crippen LogP contribution in [0.4, 0.5) is 0 Å². The van der Waals surface area contributed by atoms with Gasteiger partial charge in [-0.25, -0.2) is 0 Å². The molecule has 0 spiro atoms. The second-order valence-electron chi connectivity index (χ2n) is 6.02. The highest BCUT2D eigenvalue weighted by Gasteiger charge is 2.27. The van der Waals surface area contributed by atoms with E-state index >= 15 is 0 Å². The third-order valence-corrected chi connectivity index (χ3v) is 4.31. The second-order valence-corrected chi connectivity index (χ2v) is 6.02. The number of aromatic amines is 1. The van der Waals surface area contributed by atoms with Crippen LogP contribution in [-0.2, 0) is 6.54 Å². The molecule has 0 atom stereocenters. The van der Waals surface area contributed by atoms with Crippen molar-refractivity contribution in [3.8, 4) is 0 Å². The van der Waals surface area contributed by atoms with Crippen LogP contribution in [0.2, 0.25) is 0 Å². The van der Waals surface area contributed by atoms with Gasteiger partial charge in [0, 0.05) is 24.8 Å². The predicted octanol–water partition coefficient (Wildman–Crippen LogP) is 3.84. The number of benzene rings is 1. The van der Waals surface area contributed by atoms with Crippen molar-refractivity contribution < 1.29 is 0 Å². The van der Waals surface area contributed by atoms with Crippen molar-refractivity contribution in [1.82, 2.24) is 10.3 Å². The molecule has 3 rings (SSSR count). The van der Waals surface area contributed by atoms with E-state index < -0.39 is 0 Å². The fourth-order valence-corrected chi connectivity index (χ4v) is 3.13. The molecule has 1 fully saturated rings. The van der Waals surface area contributed by atoms with Gasteiger partial charge in [-0.1, -0.05) is 25.8 Å². The van der Waals surface area contributed by atoms with Crippen LogP contribution in [-0.4, -0.2) is 11.5 Å². The van der Waals surface area contributed by atoms with Crippen LogP contribution in [0.15, 0.2) is 30.5 Å². The first-order valence-corrected chi connectivity index (χ1v) is 7.02. The average molecular weight is 242 g/mol. The van der Waals surface area contributed by atoms with Crippen LogP contribution in [0.1, 0.15) is 38.2 Å². The summed E-state index contributed by atoms with van der Waals surface area (Å²) in [5, 5.41) is 4.94. The maximum atomic E-state index is 3.63. The normalized spacial score (nSPS) is 18.5. The van der Waals surface area contributed by atoms with Gasteiger partial charge in [0.15, 0.2) is 0 Å². The van der Waals surface area contributed by atoms with Gasteiger partial charge in [-0.2, -0.15) is 0 Å². The maximum Gasteiger partial charge on any atom is 0.0454 e. The molecule has 2 nitrogen and oxygen atoms in total. The van der Waals surface area contributed by atoms with Gasteiger partial charge in [-0.3, -0.25) is 0 Å². The van der Waals surface area contributed by atoms with Crippen molar-refractivity contribution >= 4 is 10.9 Å². The second kappa shape index (κ2) is 4.77. The third-order valence-electron chi connectivity index (χ3n) is 4.31. The van der Waals surface area contributed by atoms with E-state index in [-0.39, 0.29) is 0 Å². The summed E-state index contributed by atoms with van der Waals surface area (Å²) in [6.45, 7) is 4.55. The Bertz CT molecular complexity index is 521. The molecule has 1 aromatic heterocycles. The van der Waals surface area contributed by atoms with Crippen molar-refractivity contribution in [3.63, 3.8) is 0 Å². The molecule has 0 aliphatic heterocycles. The molecule has 0 radical (unpaired) electrons. The molecule has 1 saturated carbocycles. The summed E-state index contributed by atoms with van der Waals surface area (Å²) < 4.78 is 0. The Kier molecular flexibility index (Phi) is 3.13. The number of H-pyrrole nitrogens is 1. The summed E-state index contributed by atoms with van der Waals surface area (Å²) >= 11 is 0. The lowest BCUT2D eigenvalue weighted by Crippen LogP contribution is -2.29. The van der Waals surface area contributed by atoms with Crippen LogP contribution in [0.3, 0.4) is 0 Å². The predicted molar refractivity (Wildman–Crippen MR) is 76.6 cm³/mol. The molecular formula is C16H22N2. The van der Waals surface area contributed by atoms with E-state index in [0.717, 1.165) is 13.1 Å². The first kappa shape index (κ1) is 11.8. The highest BCUT2D eigenvalue weighted by Crippen LogP contribution is 2.36. The molecular weight excluding hydrogens is 220 g/mol. The SMILES string of the molecule is CC1(CNCc2ccc3[nH]ccc3c2)CCCC1. The zero-order valence-electron chi connectivity index (χ0n) is 11.1. The summed E-state index contributed by atoms with van der Waals surface area (Å²) in [5.74, 6) is 0. The Morgan fingerprint density at radius 1 is 1.22 bits per heavy atom. The van der Waals surface area contributed by atoms with Gasteiger partial charge in [0.05, 0.1) is 0 Å². The third kappa shape index (κ3) is 2.44. The Labute approximate surface area is 109 Å². The van der Waals surface area contributed by atoms with Crippen molar-refractivity contribution in [3.05, 3.63) is 36.0 Å². The molecule has 1 aliphatic rings. The van der Waals surface area contributed by atoms with Gasteiger partial charge in [0.1, 0.15) is 0 Å². The van der Waals surface area contributed by atoms with Gasteiger partial charge in [0.25, 0.3) is 0 Å². The average Bonchev–Trinajstić information content (AvgIpc) is 2.97. The Hall–Kier alpha value is -1.28. The Morgan fingerprint density at radius 2 is 2.06 bits per heavy atom. The lowest BCUT2D eigenvalue weighted by atomic mass is 9.89. The highest BCUT2D eigenvalue weighted by molar-refractivity contribution is 5.79. The van der Waals surface area contributed by atoms with Crippen LogP contribution in [0, 0.1) is 5.41 Å². The van der Waals surface area contributed by atoms with Crippen LogP contribution in [0.25, 0.3) is 10.9 Å². The summed E-state index contributed by atoms with van der Waals surface area (Å²) in [6, 6.07) is 8.79. The molecule has 18 heavy (non-hydrogen) atoms. The Morgan fingerprint density at radius 3 is 2.89 bits per heavy atom. The number of nitrogens with one attached hydrogen (secondary N) is 2. The first-order valence-electron chi connectivity index (χ1n) is 7.02. The van der Waals surface area contributed by atoms with Gasteiger partial charge in [-0.05, 0) is 47.4 Å². The maximum absolute atomic E-state index is 3.63. The van der Waals surface area contributed by atoms with Crippen molar-refractivity contribution in [1.29, 1.82) is 0 Å². The van der Waals surface area contributed by atoms with Crippen LogP contribution < -0.4 is 5.32 Å². The van der Waals surface area contributed by atoms with Crippen molar-refractivity contribution in [2.45, 2.75) is 39.2 Å². The monoisotopic (exact) mass is 242 g/mol. The molecule has 1 aromatic carbocycles. The fraction of sp³-hybridized carbons (Fsp3) is 0.500. The molecule has 0 unspecified atom stereocenters. The first-order chi connectivity index (χ1) is 8.75. The molecule has 0 saturated heterocycles. The minimum atomic E-state index is 0.540. The molecule has 2 heteroatoms. The Balaban J connectivity index is 1.59. The number of hydrogen-bond acceptors (Lipinski definition) is 1. The molecule has 0 amide bonds. The summed E-state index contributed by atoms with van der Waals surface area (Å²) in [4.78, 5) is 3.23. The van der Waals surface area contributed by atoms with E-state index in [1.165, 1.54) is 42.1 Å². The summed E-state index contributed by atoms with van der Waals surface area (Å²) in [5.41, 5.74) is 3.14. The largest absolute Gasteiger partial charge is 0.361 e. The quantitative estimate of drug-likeness (QED) is 0.837. The van der Waals surface area contributed by atoms with E-state index in [1.807, 2.05) is 6.20 Å². The molecule has 96 valence electrons. The fourth-order valence-electron chi connectivity index (χ4n) is 3.13. The standard InChI is InChI=1S/C16H22N2/c1-16(7-2-3-8-16)12-17-11-13-4-5-15-14(10-13)6-9-18-15/h4-6,9-10,17-18H,2-3,7-8,11-12H2,1H3. The summed E-state index contributed by atoms with van der Waals surface area (Å²) in [7, 11) is 0. The number of fused-ring (bicyclic) bond motifs is 1. The van der Waals surface area contributed by atoms with Crippen molar-refractivity contribution in [2.75, 3.05) is 6.54 Å². The highest BCUT2D eigenvalue weighted by atomic mass is 14.9. The molecule has 1 aliphatic carbocycles. The van der Waals surface area contributed by atoms with Gasteiger partial charge >= 0.3 is 0 Å². The van der Waals surface area contributed by atoms with E-state index in [1.54, 1.807) is 0 Å². The molecule has 2 aromatic rings. The minimum Gasteiger partial charge on any atom is -0.361 e. The van der Waals surface area contributed by atoms with E-state index in [0.29, 0.717) is 5.41 Å². The van der Waals surface area contributed by atoms with E-state index in [9.17, 15) is 0 Å². The van der Waals surface area contributed by atoms with Gasteiger partial charge < -0.3 is 10.3 Å². The van der Waals surface area contributed by atoms with Crippen LogP contribution in [0.5, 0.6) is 0 Å². The topological polar surface area (TPSA) is 27.8 Å². The zero-order chi connectivity index (χ0) is 12.4. The van der Waals surface area contributed by atoms with Gasteiger partial charge in [-0.15, -0.1) is 0 Å². The molecule has 2 N–H and O–H groups in total. The smallest absolute Gasteiger partial charge is 0.0454 e. The lowest BCUT2D eigenvalue weighted by Gasteiger charge is -2.23. The summed E-state index contributed by atoms with van der Waals surface area (Å²) in [6.07, 6.45) is 7.59. The van der Waals surface area contributed by atoms with Gasteiger partial charge in [0.2, 0.25) is 0 Å². The molecule has 1 heterocycles. The van der Waals surface area contributed by atoms with Crippen LogP contribution >= 0.6 is 0 Å². The van der Waals surface area contributed by atoms with E-state index in [4.69, 9.17) is 0 Å². The number of rotatable bonds is 4.